The quantitative estimate of drug-likeness (QED) is 0.642. The number of rotatable bonds is 2. The van der Waals surface area contributed by atoms with Crippen LogP contribution in [0.15, 0.2) is 48.5 Å². The Morgan fingerprint density at radius 3 is 2.85 bits per heavy atom. The second kappa shape index (κ2) is 6.67. The molecule has 6 heteroatoms. The predicted molar refractivity (Wildman–Crippen MR) is 108 cm³/mol. The van der Waals surface area contributed by atoms with Gasteiger partial charge in [0, 0.05) is 23.9 Å². The lowest BCUT2D eigenvalue weighted by molar-refractivity contribution is 0.0997. The predicted octanol–water partition coefficient (Wildman–Crippen LogP) is 4.86. The molecule has 0 saturated heterocycles. The Bertz CT molecular complexity index is 999. The molecule has 0 spiro atoms. The van der Waals surface area contributed by atoms with Gasteiger partial charge >= 0.3 is 0 Å². The summed E-state index contributed by atoms with van der Waals surface area (Å²) >= 11 is 7.70. The van der Waals surface area contributed by atoms with Crippen molar-refractivity contribution in [2.24, 2.45) is 0 Å². The number of halogens is 1. The average molecular weight is 385 g/mol. The molecule has 0 aliphatic carbocycles. The van der Waals surface area contributed by atoms with Crippen LogP contribution >= 0.6 is 22.9 Å². The number of benzene rings is 2. The molecule has 0 fully saturated rings. The zero-order chi connectivity index (χ0) is 18.3. The summed E-state index contributed by atoms with van der Waals surface area (Å²) in [4.78, 5) is 16.3. The van der Waals surface area contributed by atoms with Gasteiger partial charge in [-0.1, -0.05) is 29.8 Å². The van der Waals surface area contributed by atoms with Crippen molar-refractivity contribution in [3.8, 4) is 16.2 Å². The molecule has 26 heavy (non-hydrogen) atoms. The molecule has 0 saturated carbocycles. The second-order valence-electron chi connectivity index (χ2n) is 6.10. The van der Waals surface area contributed by atoms with E-state index in [0.717, 1.165) is 22.4 Å². The van der Waals surface area contributed by atoms with Gasteiger partial charge in [0.25, 0.3) is 5.91 Å². The van der Waals surface area contributed by atoms with Gasteiger partial charge in [0.2, 0.25) is 0 Å². The van der Waals surface area contributed by atoms with E-state index in [1.54, 1.807) is 18.0 Å². The van der Waals surface area contributed by atoms with E-state index in [2.05, 4.69) is 0 Å². The maximum absolute atomic E-state index is 13.0. The molecule has 4 rings (SSSR count). The normalized spacial score (nSPS) is 12.5. The molecular weight excluding hydrogens is 368 g/mol. The molecule has 1 aromatic heterocycles. The molecule has 2 aromatic carbocycles. The van der Waals surface area contributed by atoms with Crippen LogP contribution in [-0.4, -0.2) is 19.6 Å². The van der Waals surface area contributed by atoms with E-state index in [4.69, 9.17) is 22.1 Å². The maximum Gasteiger partial charge on any atom is 0.268 e. The van der Waals surface area contributed by atoms with E-state index < -0.39 is 0 Å². The van der Waals surface area contributed by atoms with Gasteiger partial charge in [0.1, 0.15) is 0 Å². The number of hydrogen-bond donors (Lipinski definition) is 1. The SMILES string of the molecule is CN(C(=O)c1cc2c(s1)-c1cccc(N)c1OCC2)c1ccccc1Cl. The zero-order valence-electron chi connectivity index (χ0n) is 14.2. The highest BCUT2D eigenvalue weighted by molar-refractivity contribution is 7.17. The van der Waals surface area contributed by atoms with Gasteiger partial charge in [-0.05, 0) is 35.9 Å². The van der Waals surface area contributed by atoms with Crippen molar-refractivity contribution in [1.82, 2.24) is 0 Å². The molecule has 132 valence electrons. The third-order valence-electron chi connectivity index (χ3n) is 4.45. The summed E-state index contributed by atoms with van der Waals surface area (Å²) in [5.41, 5.74) is 9.42. The third-order valence-corrected chi connectivity index (χ3v) is 5.96. The van der Waals surface area contributed by atoms with Gasteiger partial charge in [-0.2, -0.15) is 0 Å². The first-order chi connectivity index (χ1) is 12.6. The lowest BCUT2D eigenvalue weighted by atomic mass is 10.1. The summed E-state index contributed by atoms with van der Waals surface area (Å²) in [5, 5.41) is 0.549. The first-order valence-corrected chi connectivity index (χ1v) is 9.42. The number of ether oxygens (including phenoxy) is 1. The summed E-state index contributed by atoms with van der Waals surface area (Å²) < 4.78 is 5.82. The number of amides is 1. The van der Waals surface area contributed by atoms with Crippen LogP contribution in [0.3, 0.4) is 0 Å². The van der Waals surface area contributed by atoms with E-state index >= 15 is 0 Å². The maximum atomic E-state index is 13.0. The van der Waals surface area contributed by atoms with Crippen molar-refractivity contribution in [2.75, 3.05) is 24.3 Å². The lowest BCUT2D eigenvalue weighted by Gasteiger charge is -2.17. The van der Waals surface area contributed by atoms with Crippen molar-refractivity contribution < 1.29 is 9.53 Å². The Morgan fingerprint density at radius 2 is 2.04 bits per heavy atom. The summed E-state index contributed by atoms with van der Waals surface area (Å²) in [6.45, 7) is 0.541. The third kappa shape index (κ3) is 2.83. The molecular formula is C20H17ClN2O2S. The largest absolute Gasteiger partial charge is 0.490 e. The number of nitrogens with two attached hydrogens (primary N) is 1. The fourth-order valence-electron chi connectivity index (χ4n) is 3.10. The second-order valence-corrected chi connectivity index (χ2v) is 7.56. The highest BCUT2D eigenvalue weighted by Gasteiger charge is 2.24. The molecule has 0 unspecified atom stereocenters. The van der Waals surface area contributed by atoms with E-state index in [1.807, 2.05) is 42.5 Å². The molecule has 2 N–H and O–H groups in total. The molecule has 1 aliphatic heterocycles. The Balaban J connectivity index is 1.74. The van der Waals surface area contributed by atoms with Gasteiger partial charge in [0.15, 0.2) is 5.75 Å². The molecule has 2 heterocycles. The van der Waals surface area contributed by atoms with Crippen molar-refractivity contribution in [2.45, 2.75) is 6.42 Å². The minimum atomic E-state index is -0.0810. The van der Waals surface area contributed by atoms with Gasteiger partial charge in [-0.3, -0.25) is 4.79 Å². The minimum Gasteiger partial charge on any atom is -0.490 e. The summed E-state index contributed by atoms with van der Waals surface area (Å²) in [6, 6.07) is 15.0. The molecule has 0 radical (unpaired) electrons. The van der Waals surface area contributed by atoms with Crippen LogP contribution in [0, 0.1) is 0 Å². The van der Waals surface area contributed by atoms with Crippen LogP contribution in [0.2, 0.25) is 5.02 Å². The summed E-state index contributed by atoms with van der Waals surface area (Å²) in [5.74, 6) is 0.620. The average Bonchev–Trinajstić information content (AvgIpc) is 2.98. The molecule has 0 bridgehead atoms. The van der Waals surface area contributed by atoms with E-state index in [1.165, 1.54) is 11.3 Å². The molecule has 1 aliphatic rings. The molecule has 3 aromatic rings. The lowest BCUT2D eigenvalue weighted by Crippen LogP contribution is -2.25. The Hall–Kier alpha value is -2.50. The highest BCUT2D eigenvalue weighted by atomic mass is 35.5. The number of nitrogens with zero attached hydrogens (tertiary/aromatic N) is 1. The number of para-hydroxylation sites is 2. The molecule has 1 amide bonds. The van der Waals surface area contributed by atoms with Gasteiger partial charge in [-0.15, -0.1) is 11.3 Å². The monoisotopic (exact) mass is 384 g/mol. The van der Waals surface area contributed by atoms with Crippen LogP contribution in [0.25, 0.3) is 10.4 Å². The van der Waals surface area contributed by atoms with Crippen LogP contribution in [0.1, 0.15) is 15.2 Å². The molecule has 4 nitrogen and oxygen atoms in total. The first-order valence-electron chi connectivity index (χ1n) is 8.23. The number of anilines is 2. The fourth-order valence-corrected chi connectivity index (χ4v) is 4.57. The van der Waals surface area contributed by atoms with Crippen LogP contribution < -0.4 is 15.4 Å². The first kappa shape index (κ1) is 16.9. The Kier molecular flexibility index (Phi) is 4.34. The fraction of sp³-hybridized carbons (Fsp3) is 0.150. The summed E-state index contributed by atoms with van der Waals surface area (Å²) in [6.07, 6.45) is 0.739. The topological polar surface area (TPSA) is 55.6 Å². The van der Waals surface area contributed by atoms with Crippen LogP contribution in [0.5, 0.6) is 5.75 Å². The minimum absolute atomic E-state index is 0.0810. The molecule has 0 atom stereocenters. The number of hydrogen-bond acceptors (Lipinski definition) is 4. The van der Waals surface area contributed by atoms with Crippen molar-refractivity contribution in [3.63, 3.8) is 0 Å². The summed E-state index contributed by atoms with van der Waals surface area (Å²) in [7, 11) is 1.74. The van der Waals surface area contributed by atoms with Gasteiger partial charge < -0.3 is 15.4 Å². The zero-order valence-corrected chi connectivity index (χ0v) is 15.7. The Morgan fingerprint density at radius 1 is 1.23 bits per heavy atom. The van der Waals surface area contributed by atoms with Crippen molar-refractivity contribution >= 4 is 40.2 Å². The number of thiophene rings is 1. The standard InChI is InChI=1S/C20H17ClN2O2S/c1-23(16-8-3-2-6-14(16)21)20(24)17-11-12-9-10-25-18-13(19(12)26-17)5-4-7-15(18)22/h2-8,11H,9-10,22H2,1H3. The van der Waals surface area contributed by atoms with Crippen molar-refractivity contribution in [3.05, 3.63) is 64.0 Å². The van der Waals surface area contributed by atoms with E-state index in [9.17, 15) is 4.79 Å². The Labute approximate surface area is 160 Å². The van der Waals surface area contributed by atoms with Crippen LogP contribution in [-0.2, 0) is 6.42 Å². The van der Waals surface area contributed by atoms with Crippen LogP contribution in [0.4, 0.5) is 11.4 Å². The number of carbonyl (C=O) groups is 1. The van der Waals surface area contributed by atoms with Gasteiger partial charge in [0.05, 0.1) is 27.9 Å². The number of carbonyl (C=O) groups excluding carboxylic acids is 1. The number of fused-ring (bicyclic) bond motifs is 3. The number of nitrogen functional groups attached to an aromatic ring is 1. The van der Waals surface area contributed by atoms with E-state index in [0.29, 0.717) is 33.6 Å². The van der Waals surface area contributed by atoms with E-state index in [-0.39, 0.29) is 5.91 Å². The van der Waals surface area contributed by atoms with Gasteiger partial charge in [-0.25, -0.2) is 0 Å². The van der Waals surface area contributed by atoms with Crippen molar-refractivity contribution in [1.29, 1.82) is 0 Å². The highest BCUT2D eigenvalue weighted by Crippen LogP contribution is 2.43. The smallest absolute Gasteiger partial charge is 0.268 e.